The van der Waals surface area contributed by atoms with Crippen LogP contribution in [0.2, 0.25) is 0 Å². The molecule has 0 aromatic heterocycles. The molecule has 0 N–H and O–H groups in total. The third-order valence-corrected chi connectivity index (χ3v) is 19.1. The number of nitrogens with zero attached hydrogens (tertiary/aromatic N) is 2. The van der Waals surface area contributed by atoms with Gasteiger partial charge in [0.05, 0.1) is 11.4 Å². The quantitative estimate of drug-likeness (QED) is 0.105. The molecule has 3 heteroatoms. The Morgan fingerprint density at radius 3 is 0.890 bits per heavy atom. The van der Waals surface area contributed by atoms with E-state index in [0.717, 1.165) is 34.1 Å². The molecule has 0 saturated carbocycles. The summed E-state index contributed by atoms with van der Waals surface area (Å²) in [4.78, 5) is 5.35. The lowest BCUT2D eigenvalue weighted by Crippen LogP contribution is -2.61. The van der Waals surface area contributed by atoms with Crippen molar-refractivity contribution in [1.82, 2.24) is 0 Å². The highest BCUT2D eigenvalue weighted by Crippen LogP contribution is 2.55. The van der Waals surface area contributed by atoms with E-state index in [2.05, 4.69) is 361 Å². The monoisotopic (exact) mass is 1160 g/mol. The smallest absolute Gasteiger partial charge is 0.252 e. The zero-order valence-corrected chi connectivity index (χ0v) is 52.4. The van der Waals surface area contributed by atoms with E-state index in [-0.39, 0.29) is 17.5 Å². The average molecular weight is 1170 g/mol. The predicted molar refractivity (Wildman–Crippen MR) is 391 cm³/mol. The molecule has 14 aromatic carbocycles. The zero-order valence-electron chi connectivity index (χ0n) is 52.4. The van der Waals surface area contributed by atoms with E-state index in [4.69, 9.17) is 0 Å². The van der Waals surface area contributed by atoms with E-state index in [1.807, 2.05) is 0 Å². The normalized spacial score (nSPS) is 12.7. The van der Waals surface area contributed by atoms with E-state index in [1.54, 1.807) is 0 Å². The Balaban J connectivity index is 1.06. The number of benzene rings is 14. The fraction of sp³-hybridized carbons (Fsp3) is 0.0909. The molecular formula is C88H69BN2. The average Bonchev–Trinajstić information content (AvgIpc) is 0.696. The van der Waals surface area contributed by atoms with Crippen molar-refractivity contribution >= 4 is 78.8 Å². The van der Waals surface area contributed by atoms with Crippen LogP contribution in [0.3, 0.4) is 0 Å². The molecule has 2 heterocycles. The van der Waals surface area contributed by atoms with Crippen LogP contribution in [-0.4, -0.2) is 6.71 Å². The Kier molecular flexibility index (Phi) is 13.5. The van der Waals surface area contributed by atoms with Crippen LogP contribution in [0.25, 0.3) is 99.4 Å². The van der Waals surface area contributed by atoms with E-state index in [9.17, 15) is 0 Å². The Hall–Kier alpha value is -10.7. The van der Waals surface area contributed by atoms with Gasteiger partial charge in [-0.2, -0.15) is 0 Å². The summed E-state index contributed by atoms with van der Waals surface area (Å²) < 4.78 is 0. The Morgan fingerprint density at radius 2 is 0.538 bits per heavy atom. The minimum absolute atomic E-state index is 0.149. The summed E-state index contributed by atoms with van der Waals surface area (Å²) in [5.41, 5.74) is 29.5. The maximum Gasteiger partial charge on any atom is 0.252 e. The van der Waals surface area contributed by atoms with Crippen molar-refractivity contribution in [3.8, 4) is 77.9 Å². The number of fused-ring (bicyclic) bond motifs is 6. The van der Waals surface area contributed by atoms with Crippen LogP contribution >= 0.6 is 0 Å². The highest BCUT2D eigenvalue weighted by atomic mass is 15.2. The van der Waals surface area contributed by atoms with E-state index in [1.165, 1.54) is 127 Å². The third-order valence-electron chi connectivity index (χ3n) is 19.1. The van der Waals surface area contributed by atoms with Gasteiger partial charge in [-0.25, -0.2) is 0 Å². The molecule has 0 spiro atoms. The van der Waals surface area contributed by atoms with Crippen molar-refractivity contribution in [3.05, 3.63) is 321 Å². The summed E-state index contributed by atoms with van der Waals surface area (Å²) in [5, 5.41) is 4.92. The molecular weight excluding hydrogens is 1100 g/mol. The predicted octanol–water partition coefficient (Wildman–Crippen LogP) is 22.3. The van der Waals surface area contributed by atoms with Crippen LogP contribution < -0.4 is 26.2 Å². The molecule has 434 valence electrons. The van der Waals surface area contributed by atoms with E-state index >= 15 is 0 Å². The first-order valence-electron chi connectivity index (χ1n) is 32.1. The number of rotatable bonds is 9. The van der Waals surface area contributed by atoms with Gasteiger partial charge < -0.3 is 9.80 Å². The first kappa shape index (κ1) is 55.6. The zero-order chi connectivity index (χ0) is 61.5. The number of anilines is 6. The first-order valence-corrected chi connectivity index (χ1v) is 32.1. The molecule has 0 saturated heterocycles. The standard InChI is InChI=1S/C88H69BN2/c1-87(2,3)66-54-72(59-32-15-8-16-33-59)85(73(55-66)60-34-17-9-18-35-60)90-78-46-29-47-79-84(78)89(76-50-48-64(52-80(76)90)58-30-13-7-14-31-58)77-51-49-65(83-70-44-27-25-42-68(70)82(63-40-23-12-24-41-63)69-43-26-28-45-71(69)83)53-81(77)91(79)86-74(61-36-19-10-20-37-61)56-67(88(4,5)6)57-75(86)62-38-21-11-22-39-62/h7-57H,1-6H3. The second-order valence-electron chi connectivity index (χ2n) is 26.7. The van der Waals surface area contributed by atoms with Gasteiger partial charge >= 0.3 is 0 Å². The molecule has 14 aromatic rings. The van der Waals surface area contributed by atoms with Crippen molar-refractivity contribution in [1.29, 1.82) is 0 Å². The van der Waals surface area contributed by atoms with Gasteiger partial charge in [0.1, 0.15) is 0 Å². The molecule has 0 amide bonds. The van der Waals surface area contributed by atoms with Crippen molar-refractivity contribution in [2.75, 3.05) is 9.80 Å². The molecule has 0 atom stereocenters. The lowest BCUT2D eigenvalue weighted by molar-refractivity contribution is 0.590. The van der Waals surface area contributed by atoms with Gasteiger partial charge in [0.2, 0.25) is 0 Å². The number of hydrogen-bond donors (Lipinski definition) is 0. The first-order chi connectivity index (χ1) is 44.5. The summed E-state index contributed by atoms with van der Waals surface area (Å²) >= 11 is 0. The molecule has 0 bridgehead atoms. The molecule has 91 heavy (non-hydrogen) atoms. The summed E-state index contributed by atoms with van der Waals surface area (Å²) in [6, 6.07) is 116. The van der Waals surface area contributed by atoms with Gasteiger partial charge in [-0.3, -0.25) is 0 Å². The van der Waals surface area contributed by atoms with Gasteiger partial charge in [-0.1, -0.05) is 302 Å². The lowest BCUT2D eigenvalue weighted by Gasteiger charge is -2.46. The summed E-state index contributed by atoms with van der Waals surface area (Å²) in [7, 11) is 0. The van der Waals surface area contributed by atoms with Crippen molar-refractivity contribution in [2.45, 2.75) is 52.4 Å². The highest BCUT2D eigenvalue weighted by Gasteiger charge is 2.45. The maximum absolute atomic E-state index is 2.69. The fourth-order valence-corrected chi connectivity index (χ4v) is 14.7. The number of hydrogen-bond acceptors (Lipinski definition) is 2. The second-order valence-corrected chi connectivity index (χ2v) is 26.7. The van der Waals surface area contributed by atoms with Crippen LogP contribution in [0, 0.1) is 0 Å². The highest BCUT2D eigenvalue weighted by molar-refractivity contribution is 7.00. The van der Waals surface area contributed by atoms with Gasteiger partial charge in [0.25, 0.3) is 6.71 Å². The third kappa shape index (κ3) is 9.49. The van der Waals surface area contributed by atoms with Gasteiger partial charge in [0, 0.05) is 45.0 Å². The summed E-state index contributed by atoms with van der Waals surface area (Å²) in [5.74, 6) is 0. The Labute approximate surface area is 536 Å². The molecule has 2 nitrogen and oxygen atoms in total. The van der Waals surface area contributed by atoms with Crippen molar-refractivity contribution in [3.63, 3.8) is 0 Å². The van der Waals surface area contributed by atoms with Crippen molar-refractivity contribution in [2.24, 2.45) is 0 Å². The SMILES string of the molecule is CC(C)(C)c1cc(-c2ccccc2)c(N2c3cc(-c4ccccc4)ccc3B3c4ccc(-c5c6ccccc6c(-c6ccccc6)c6ccccc56)cc4N(c4c(-c5ccccc5)cc(C(C)(C)C)cc4-c4ccccc4)c4cccc2c43)c(-c2ccccc2)c1. The van der Waals surface area contributed by atoms with Gasteiger partial charge in [-0.15, -0.1) is 0 Å². The van der Waals surface area contributed by atoms with Gasteiger partial charge in [0.15, 0.2) is 0 Å². The molecule has 0 aliphatic carbocycles. The fourth-order valence-electron chi connectivity index (χ4n) is 14.7. The second kappa shape index (κ2) is 22.1. The van der Waals surface area contributed by atoms with Crippen LogP contribution in [-0.2, 0) is 10.8 Å². The Bertz CT molecular complexity index is 4930. The molecule has 0 fully saturated rings. The van der Waals surface area contributed by atoms with Crippen LogP contribution in [0.5, 0.6) is 0 Å². The van der Waals surface area contributed by atoms with E-state index in [0.29, 0.717) is 0 Å². The minimum Gasteiger partial charge on any atom is -0.310 e. The topological polar surface area (TPSA) is 6.48 Å². The maximum atomic E-state index is 2.69. The van der Waals surface area contributed by atoms with Crippen LogP contribution in [0.15, 0.2) is 309 Å². The van der Waals surface area contributed by atoms with Crippen LogP contribution in [0.4, 0.5) is 34.1 Å². The summed E-state index contributed by atoms with van der Waals surface area (Å²) in [6.07, 6.45) is 0. The molecule has 16 rings (SSSR count). The van der Waals surface area contributed by atoms with E-state index < -0.39 is 0 Å². The van der Waals surface area contributed by atoms with Crippen molar-refractivity contribution < 1.29 is 0 Å². The molecule has 0 radical (unpaired) electrons. The van der Waals surface area contributed by atoms with Gasteiger partial charge in [-0.05, 0) is 164 Å². The minimum atomic E-state index is -0.167. The molecule has 2 aliphatic rings. The molecule has 2 aliphatic heterocycles. The van der Waals surface area contributed by atoms with Crippen LogP contribution in [0.1, 0.15) is 52.7 Å². The largest absolute Gasteiger partial charge is 0.310 e. The molecule has 0 unspecified atom stereocenters. The Morgan fingerprint density at radius 1 is 0.242 bits per heavy atom. The lowest BCUT2D eigenvalue weighted by atomic mass is 9.33. The summed E-state index contributed by atoms with van der Waals surface area (Å²) in [6.45, 7) is 13.9.